The van der Waals surface area contributed by atoms with Crippen molar-refractivity contribution in [3.8, 4) is 0 Å². The van der Waals surface area contributed by atoms with Crippen LogP contribution in [0, 0.1) is 5.92 Å². The predicted molar refractivity (Wildman–Crippen MR) is 58.1 cm³/mol. The summed E-state index contributed by atoms with van der Waals surface area (Å²) in [6.45, 7) is 6.77. The SMILES string of the molecule is CCC(C)C(C)NS(=O)(=O)C(C)C(=O)O. The quantitative estimate of drug-likeness (QED) is 0.716. The Morgan fingerprint density at radius 2 is 1.80 bits per heavy atom. The average Bonchev–Trinajstić information content (AvgIpc) is 2.14. The van der Waals surface area contributed by atoms with Gasteiger partial charge >= 0.3 is 5.97 Å². The highest BCUT2D eigenvalue weighted by Crippen LogP contribution is 2.09. The Morgan fingerprint density at radius 1 is 1.33 bits per heavy atom. The Hall–Kier alpha value is -0.620. The summed E-state index contributed by atoms with van der Waals surface area (Å²) in [6.07, 6.45) is 0.838. The van der Waals surface area contributed by atoms with E-state index in [-0.39, 0.29) is 12.0 Å². The highest BCUT2D eigenvalue weighted by atomic mass is 32.2. The van der Waals surface area contributed by atoms with Crippen LogP contribution < -0.4 is 4.72 Å². The van der Waals surface area contributed by atoms with Crippen molar-refractivity contribution in [3.63, 3.8) is 0 Å². The van der Waals surface area contributed by atoms with Gasteiger partial charge in [-0.05, 0) is 19.8 Å². The zero-order chi connectivity index (χ0) is 12.2. The minimum absolute atomic E-state index is 0.181. The lowest BCUT2D eigenvalue weighted by Gasteiger charge is -2.21. The molecule has 0 amide bonds. The van der Waals surface area contributed by atoms with E-state index in [0.29, 0.717) is 0 Å². The summed E-state index contributed by atoms with van der Waals surface area (Å²) in [4.78, 5) is 10.5. The summed E-state index contributed by atoms with van der Waals surface area (Å²) < 4.78 is 25.4. The maximum absolute atomic E-state index is 11.5. The van der Waals surface area contributed by atoms with E-state index in [1.807, 2.05) is 13.8 Å². The maximum atomic E-state index is 11.5. The molecule has 90 valence electrons. The normalized spacial score (nSPS) is 18.1. The van der Waals surface area contributed by atoms with Gasteiger partial charge in [-0.15, -0.1) is 0 Å². The van der Waals surface area contributed by atoms with E-state index in [4.69, 9.17) is 5.11 Å². The molecule has 0 rings (SSSR count). The van der Waals surface area contributed by atoms with Gasteiger partial charge in [0, 0.05) is 6.04 Å². The van der Waals surface area contributed by atoms with E-state index < -0.39 is 21.2 Å². The molecule has 0 heterocycles. The number of carboxylic acid groups (broad SMARTS) is 1. The molecular weight excluding hydrogens is 218 g/mol. The fourth-order valence-corrected chi connectivity index (χ4v) is 2.18. The second kappa shape index (κ2) is 5.46. The van der Waals surface area contributed by atoms with Crippen molar-refractivity contribution in [2.24, 2.45) is 5.92 Å². The molecule has 0 spiro atoms. The van der Waals surface area contributed by atoms with Gasteiger partial charge in [0.1, 0.15) is 0 Å². The third-order valence-corrected chi connectivity index (χ3v) is 4.49. The van der Waals surface area contributed by atoms with Crippen LogP contribution in [0.4, 0.5) is 0 Å². The Bertz CT molecular complexity index is 312. The maximum Gasteiger partial charge on any atom is 0.323 e. The monoisotopic (exact) mass is 237 g/mol. The van der Waals surface area contributed by atoms with Crippen LogP contribution in [-0.4, -0.2) is 30.8 Å². The number of nitrogens with one attached hydrogen (secondary N) is 1. The van der Waals surface area contributed by atoms with Crippen molar-refractivity contribution in [3.05, 3.63) is 0 Å². The summed E-state index contributed by atoms with van der Waals surface area (Å²) in [5, 5.41) is 7.19. The topological polar surface area (TPSA) is 83.5 Å². The number of hydrogen-bond acceptors (Lipinski definition) is 3. The second-order valence-corrected chi connectivity index (χ2v) is 5.85. The molecule has 0 saturated heterocycles. The van der Waals surface area contributed by atoms with E-state index in [1.165, 1.54) is 0 Å². The smallest absolute Gasteiger partial charge is 0.323 e. The van der Waals surface area contributed by atoms with Crippen molar-refractivity contribution in [1.29, 1.82) is 0 Å². The molecule has 3 unspecified atom stereocenters. The predicted octanol–water partition coefficient (Wildman–Crippen LogP) is 0.813. The molecule has 0 radical (unpaired) electrons. The Labute approximate surface area is 90.9 Å². The van der Waals surface area contributed by atoms with Crippen molar-refractivity contribution in [2.75, 3.05) is 0 Å². The number of aliphatic carboxylic acids is 1. The fourth-order valence-electron chi connectivity index (χ4n) is 0.964. The molecule has 15 heavy (non-hydrogen) atoms. The molecule has 0 aromatic carbocycles. The van der Waals surface area contributed by atoms with Gasteiger partial charge in [-0.2, -0.15) is 0 Å². The zero-order valence-corrected chi connectivity index (χ0v) is 10.3. The van der Waals surface area contributed by atoms with Gasteiger partial charge in [-0.1, -0.05) is 20.3 Å². The van der Waals surface area contributed by atoms with Gasteiger partial charge < -0.3 is 5.11 Å². The third-order valence-electron chi connectivity index (χ3n) is 2.66. The van der Waals surface area contributed by atoms with E-state index >= 15 is 0 Å². The molecule has 3 atom stereocenters. The summed E-state index contributed by atoms with van der Waals surface area (Å²) in [5.74, 6) is -1.15. The molecule has 5 nitrogen and oxygen atoms in total. The highest BCUT2D eigenvalue weighted by molar-refractivity contribution is 7.90. The van der Waals surface area contributed by atoms with Crippen molar-refractivity contribution < 1.29 is 18.3 Å². The molecule has 0 bridgehead atoms. The van der Waals surface area contributed by atoms with Crippen LogP contribution >= 0.6 is 0 Å². The van der Waals surface area contributed by atoms with Crippen LogP contribution in [0.1, 0.15) is 34.1 Å². The highest BCUT2D eigenvalue weighted by Gasteiger charge is 2.29. The lowest BCUT2D eigenvalue weighted by molar-refractivity contribution is -0.136. The Balaban J connectivity index is 4.59. The van der Waals surface area contributed by atoms with Gasteiger partial charge in [-0.3, -0.25) is 4.79 Å². The summed E-state index contributed by atoms with van der Waals surface area (Å²) in [5.41, 5.74) is 0. The van der Waals surface area contributed by atoms with E-state index in [2.05, 4.69) is 4.72 Å². The zero-order valence-electron chi connectivity index (χ0n) is 9.52. The third kappa shape index (κ3) is 4.17. The molecule has 0 aliphatic rings. The van der Waals surface area contributed by atoms with Crippen molar-refractivity contribution in [1.82, 2.24) is 4.72 Å². The molecule has 0 aliphatic carbocycles. The van der Waals surface area contributed by atoms with E-state index in [1.54, 1.807) is 6.92 Å². The van der Waals surface area contributed by atoms with E-state index in [0.717, 1.165) is 13.3 Å². The standard InChI is InChI=1S/C9H19NO4S/c1-5-6(2)7(3)10-15(13,14)8(4)9(11)12/h6-8,10H,5H2,1-4H3,(H,11,12). The first-order chi connectivity index (χ1) is 6.72. The second-order valence-electron chi connectivity index (χ2n) is 3.82. The summed E-state index contributed by atoms with van der Waals surface area (Å²) >= 11 is 0. The molecule has 0 fully saturated rings. The van der Waals surface area contributed by atoms with Crippen LogP contribution in [0.2, 0.25) is 0 Å². The molecule has 0 aromatic heterocycles. The minimum Gasteiger partial charge on any atom is -0.480 e. The van der Waals surface area contributed by atoms with Gasteiger partial charge in [0.25, 0.3) is 0 Å². The van der Waals surface area contributed by atoms with Crippen molar-refractivity contribution in [2.45, 2.75) is 45.4 Å². The van der Waals surface area contributed by atoms with Crippen LogP contribution in [-0.2, 0) is 14.8 Å². The summed E-state index contributed by atoms with van der Waals surface area (Å²) in [6, 6.07) is -0.248. The first-order valence-electron chi connectivity index (χ1n) is 4.96. The number of rotatable bonds is 6. The molecule has 6 heteroatoms. The lowest BCUT2D eigenvalue weighted by atomic mass is 10.0. The van der Waals surface area contributed by atoms with Gasteiger partial charge in [0.05, 0.1) is 0 Å². The first-order valence-corrected chi connectivity index (χ1v) is 6.51. The number of carboxylic acids is 1. The fraction of sp³-hybridized carbons (Fsp3) is 0.889. The average molecular weight is 237 g/mol. The van der Waals surface area contributed by atoms with Crippen LogP contribution in [0.3, 0.4) is 0 Å². The molecule has 2 N–H and O–H groups in total. The van der Waals surface area contributed by atoms with Gasteiger partial charge in [-0.25, -0.2) is 13.1 Å². The molecule has 0 saturated carbocycles. The number of carbonyl (C=O) groups is 1. The number of sulfonamides is 1. The van der Waals surface area contributed by atoms with Crippen LogP contribution in [0.15, 0.2) is 0 Å². The Morgan fingerprint density at radius 3 is 2.13 bits per heavy atom. The van der Waals surface area contributed by atoms with Crippen molar-refractivity contribution >= 4 is 16.0 Å². The summed E-state index contributed by atoms with van der Waals surface area (Å²) in [7, 11) is -3.76. The minimum atomic E-state index is -3.76. The first kappa shape index (κ1) is 14.4. The van der Waals surface area contributed by atoms with Gasteiger partial charge in [0.15, 0.2) is 5.25 Å². The van der Waals surface area contributed by atoms with Gasteiger partial charge in [0.2, 0.25) is 10.0 Å². The lowest BCUT2D eigenvalue weighted by Crippen LogP contribution is -2.44. The molecule has 0 aromatic rings. The van der Waals surface area contributed by atoms with Crippen LogP contribution in [0.25, 0.3) is 0 Å². The largest absolute Gasteiger partial charge is 0.480 e. The van der Waals surface area contributed by atoms with Crippen LogP contribution in [0.5, 0.6) is 0 Å². The number of hydrogen-bond donors (Lipinski definition) is 2. The van der Waals surface area contributed by atoms with E-state index in [9.17, 15) is 13.2 Å². The molecule has 0 aliphatic heterocycles. The Kier molecular flexibility index (Phi) is 5.23. The molecular formula is C9H19NO4S.